The van der Waals surface area contributed by atoms with E-state index in [-0.39, 0.29) is 0 Å². The third-order valence-corrected chi connectivity index (χ3v) is 4.19. The second-order valence-corrected chi connectivity index (χ2v) is 5.80. The summed E-state index contributed by atoms with van der Waals surface area (Å²) in [7, 11) is 0. The zero-order chi connectivity index (χ0) is 13.9. The van der Waals surface area contributed by atoms with E-state index >= 15 is 0 Å². The smallest absolute Gasteiger partial charge is 0.177 e. The molecular formula is C15H18N4O. The minimum Gasteiger partial charge on any atom is -0.458 e. The van der Waals surface area contributed by atoms with Gasteiger partial charge in [-0.3, -0.25) is 0 Å². The van der Waals surface area contributed by atoms with Gasteiger partial charge in [0.15, 0.2) is 17.2 Å². The van der Waals surface area contributed by atoms with Crippen LogP contribution in [0.25, 0.3) is 22.7 Å². The Morgan fingerprint density at radius 3 is 2.80 bits per heavy atom. The molecule has 104 valence electrons. The minimum atomic E-state index is 0.417. The van der Waals surface area contributed by atoms with Crippen molar-refractivity contribution < 1.29 is 4.42 Å². The monoisotopic (exact) mass is 270 g/mol. The summed E-state index contributed by atoms with van der Waals surface area (Å²) >= 11 is 0. The van der Waals surface area contributed by atoms with Crippen LogP contribution in [0.2, 0.25) is 0 Å². The Labute approximate surface area is 117 Å². The number of nitrogens with zero attached hydrogens (tertiary/aromatic N) is 3. The van der Waals surface area contributed by atoms with Crippen LogP contribution in [0.3, 0.4) is 0 Å². The molecule has 1 saturated carbocycles. The molecular weight excluding hydrogens is 252 g/mol. The molecule has 5 nitrogen and oxygen atoms in total. The van der Waals surface area contributed by atoms with E-state index in [1.54, 1.807) is 0 Å². The maximum Gasteiger partial charge on any atom is 0.177 e. The van der Waals surface area contributed by atoms with Crippen LogP contribution in [0.15, 0.2) is 16.5 Å². The highest BCUT2D eigenvalue weighted by Crippen LogP contribution is 2.40. The van der Waals surface area contributed by atoms with Crippen molar-refractivity contribution >= 4 is 11.2 Å². The van der Waals surface area contributed by atoms with E-state index in [0.29, 0.717) is 6.04 Å². The Morgan fingerprint density at radius 1 is 1.35 bits per heavy atom. The molecule has 0 saturated heterocycles. The first-order chi connectivity index (χ1) is 9.63. The fourth-order valence-corrected chi connectivity index (χ4v) is 2.78. The van der Waals surface area contributed by atoms with Crippen LogP contribution < -0.4 is 0 Å². The summed E-state index contributed by atoms with van der Waals surface area (Å²) in [5.41, 5.74) is 2.95. The Morgan fingerprint density at radius 2 is 2.15 bits per heavy atom. The molecule has 1 aliphatic carbocycles. The average molecular weight is 270 g/mol. The lowest BCUT2D eigenvalue weighted by atomic mass is 10.2. The number of aromatic amines is 1. The molecule has 3 heterocycles. The Hall–Kier alpha value is -2.04. The number of imidazole rings is 1. The second-order valence-electron chi connectivity index (χ2n) is 5.80. The second kappa shape index (κ2) is 3.98. The average Bonchev–Trinajstić information content (AvgIpc) is 2.91. The van der Waals surface area contributed by atoms with Crippen LogP contribution >= 0.6 is 0 Å². The summed E-state index contributed by atoms with van der Waals surface area (Å²) in [6.07, 6.45) is 2.60. The fraction of sp³-hybridized carbons (Fsp3) is 0.467. The number of aromatic nitrogens is 4. The summed E-state index contributed by atoms with van der Waals surface area (Å²) in [5, 5.41) is 4.64. The lowest BCUT2D eigenvalue weighted by Crippen LogP contribution is -2.09. The summed E-state index contributed by atoms with van der Waals surface area (Å²) in [5.74, 6) is 3.21. The molecule has 5 heteroatoms. The number of aryl methyl sites for hydroxylation is 2. The third-order valence-electron chi connectivity index (χ3n) is 4.19. The molecule has 1 atom stereocenters. The van der Waals surface area contributed by atoms with Gasteiger partial charge in [-0.15, -0.1) is 0 Å². The topological polar surface area (TPSA) is 59.6 Å². The molecule has 0 aromatic carbocycles. The maximum absolute atomic E-state index is 5.65. The van der Waals surface area contributed by atoms with Gasteiger partial charge in [0.05, 0.1) is 11.7 Å². The fourth-order valence-electron chi connectivity index (χ4n) is 2.78. The lowest BCUT2D eigenvalue weighted by molar-refractivity contribution is 0.448. The van der Waals surface area contributed by atoms with Crippen molar-refractivity contribution in [2.75, 3.05) is 0 Å². The number of fused-ring (bicyclic) bond motifs is 1. The van der Waals surface area contributed by atoms with Crippen molar-refractivity contribution in [3.8, 4) is 11.6 Å². The van der Waals surface area contributed by atoms with E-state index in [1.807, 2.05) is 26.0 Å². The first-order valence-corrected chi connectivity index (χ1v) is 7.15. The molecule has 0 radical (unpaired) electrons. The number of hydrogen-bond donors (Lipinski definition) is 1. The zero-order valence-electron chi connectivity index (χ0n) is 12.0. The molecule has 1 aliphatic rings. The van der Waals surface area contributed by atoms with Crippen molar-refractivity contribution in [2.24, 2.45) is 5.92 Å². The number of rotatable bonds is 3. The maximum atomic E-state index is 5.65. The van der Waals surface area contributed by atoms with Crippen LogP contribution in [0.5, 0.6) is 0 Å². The molecule has 4 rings (SSSR count). The lowest BCUT2D eigenvalue weighted by Gasteiger charge is -2.10. The summed E-state index contributed by atoms with van der Waals surface area (Å²) in [4.78, 5) is 8.04. The highest BCUT2D eigenvalue weighted by atomic mass is 16.3. The van der Waals surface area contributed by atoms with Crippen molar-refractivity contribution in [3.05, 3.63) is 23.6 Å². The number of furan rings is 1. The van der Waals surface area contributed by atoms with Crippen molar-refractivity contribution in [1.82, 2.24) is 19.7 Å². The van der Waals surface area contributed by atoms with Crippen molar-refractivity contribution in [1.29, 1.82) is 0 Å². The van der Waals surface area contributed by atoms with Gasteiger partial charge in [-0.05, 0) is 51.7 Å². The van der Waals surface area contributed by atoms with Gasteiger partial charge in [0.25, 0.3) is 0 Å². The Bertz CT molecular complexity index is 775. The molecule has 0 spiro atoms. The van der Waals surface area contributed by atoms with E-state index in [0.717, 1.165) is 40.1 Å². The van der Waals surface area contributed by atoms with Gasteiger partial charge < -0.3 is 9.40 Å². The Balaban J connectivity index is 1.84. The highest BCUT2D eigenvalue weighted by molar-refractivity contribution is 5.78. The van der Waals surface area contributed by atoms with E-state index in [4.69, 9.17) is 9.40 Å². The van der Waals surface area contributed by atoms with Crippen molar-refractivity contribution in [2.45, 2.75) is 39.7 Å². The molecule has 0 amide bonds. The summed E-state index contributed by atoms with van der Waals surface area (Å²) < 4.78 is 7.71. The largest absolute Gasteiger partial charge is 0.458 e. The highest BCUT2D eigenvalue weighted by Gasteiger charge is 2.31. The normalized spacial score (nSPS) is 16.9. The van der Waals surface area contributed by atoms with Crippen LogP contribution in [-0.2, 0) is 0 Å². The molecule has 20 heavy (non-hydrogen) atoms. The van der Waals surface area contributed by atoms with Crippen LogP contribution in [0.1, 0.15) is 37.3 Å². The van der Waals surface area contributed by atoms with Gasteiger partial charge in [-0.1, -0.05) is 0 Å². The first kappa shape index (κ1) is 11.8. The quantitative estimate of drug-likeness (QED) is 0.791. The number of H-pyrrole nitrogens is 1. The molecule has 3 aromatic heterocycles. The van der Waals surface area contributed by atoms with Crippen molar-refractivity contribution in [3.63, 3.8) is 0 Å². The SMILES string of the molecule is Cc1ccc(-c2nc3c([nH]2)c(C)nn3C(C)C2CC2)o1. The van der Waals surface area contributed by atoms with Gasteiger partial charge in [-0.2, -0.15) is 5.10 Å². The third kappa shape index (κ3) is 1.69. The molecule has 0 aliphatic heterocycles. The van der Waals surface area contributed by atoms with Crippen LogP contribution in [0.4, 0.5) is 0 Å². The van der Waals surface area contributed by atoms with Gasteiger partial charge in [0.2, 0.25) is 0 Å². The molecule has 3 aromatic rings. The number of nitrogens with one attached hydrogen (secondary N) is 1. The molecule has 1 N–H and O–H groups in total. The van der Waals surface area contributed by atoms with Gasteiger partial charge in [-0.25, -0.2) is 9.67 Å². The van der Waals surface area contributed by atoms with Gasteiger partial charge in [0, 0.05) is 0 Å². The predicted octanol–water partition coefficient (Wildman–Crippen LogP) is 3.61. The number of hydrogen-bond acceptors (Lipinski definition) is 3. The van der Waals surface area contributed by atoms with Gasteiger partial charge >= 0.3 is 0 Å². The first-order valence-electron chi connectivity index (χ1n) is 7.15. The Kier molecular flexibility index (Phi) is 2.34. The zero-order valence-corrected chi connectivity index (χ0v) is 12.0. The summed E-state index contributed by atoms with van der Waals surface area (Å²) in [6.45, 7) is 6.19. The minimum absolute atomic E-state index is 0.417. The summed E-state index contributed by atoms with van der Waals surface area (Å²) in [6, 6.07) is 4.32. The molecule has 1 unspecified atom stereocenters. The van der Waals surface area contributed by atoms with E-state index in [2.05, 4.69) is 21.7 Å². The van der Waals surface area contributed by atoms with Crippen LogP contribution in [0, 0.1) is 19.8 Å². The van der Waals surface area contributed by atoms with Crippen LogP contribution in [-0.4, -0.2) is 19.7 Å². The molecule has 0 bridgehead atoms. The molecule has 1 fully saturated rings. The van der Waals surface area contributed by atoms with E-state index < -0.39 is 0 Å². The van der Waals surface area contributed by atoms with E-state index in [1.165, 1.54) is 12.8 Å². The standard InChI is InChI=1S/C15H18N4O/c1-8-4-7-12(20-8)14-16-13-9(2)18-19(15(13)17-14)10(3)11-5-6-11/h4,7,10-11H,5-6H2,1-3H3,(H,16,17). The van der Waals surface area contributed by atoms with E-state index in [9.17, 15) is 0 Å². The predicted molar refractivity (Wildman–Crippen MR) is 76.5 cm³/mol. The van der Waals surface area contributed by atoms with Gasteiger partial charge in [0.1, 0.15) is 11.3 Å².